The van der Waals surface area contributed by atoms with E-state index in [9.17, 15) is 4.79 Å². The summed E-state index contributed by atoms with van der Waals surface area (Å²) in [5, 5.41) is 1.84. The number of benzene rings is 2. The largest absolute Gasteiger partial charge is 0.458 e. The number of hydrogen-bond acceptors (Lipinski definition) is 2. The monoisotopic (exact) mass is 341 g/mol. The van der Waals surface area contributed by atoms with E-state index in [4.69, 9.17) is 16.3 Å². The molecular formula is C20H20ClNO2. The van der Waals surface area contributed by atoms with Crippen LogP contribution in [0.2, 0.25) is 5.02 Å². The molecule has 0 saturated heterocycles. The van der Waals surface area contributed by atoms with Gasteiger partial charge in [0.05, 0.1) is 0 Å². The summed E-state index contributed by atoms with van der Waals surface area (Å²) in [4.78, 5) is 15.3. The van der Waals surface area contributed by atoms with E-state index in [-0.39, 0.29) is 12.1 Å². The van der Waals surface area contributed by atoms with Gasteiger partial charge in [0.25, 0.3) is 0 Å². The third-order valence-electron chi connectivity index (χ3n) is 4.15. The fraction of sp³-hybridized carbons (Fsp3) is 0.250. The maximum absolute atomic E-state index is 12.1. The van der Waals surface area contributed by atoms with Crippen LogP contribution in [0.5, 0.6) is 0 Å². The number of hydrogen-bond donors (Lipinski definition) is 1. The van der Waals surface area contributed by atoms with Crippen molar-refractivity contribution < 1.29 is 9.53 Å². The van der Waals surface area contributed by atoms with Gasteiger partial charge in [-0.05, 0) is 37.5 Å². The zero-order valence-electron chi connectivity index (χ0n) is 13.6. The highest BCUT2D eigenvalue weighted by Crippen LogP contribution is 2.25. The average molecular weight is 342 g/mol. The van der Waals surface area contributed by atoms with Crippen LogP contribution in [0, 0.1) is 0 Å². The summed E-state index contributed by atoms with van der Waals surface area (Å²) < 4.78 is 5.49. The molecule has 3 rings (SSSR count). The predicted octanol–water partition coefficient (Wildman–Crippen LogP) is 5.45. The van der Waals surface area contributed by atoms with Crippen LogP contribution < -0.4 is 0 Å². The molecule has 4 heteroatoms. The third-order valence-corrected chi connectivity index (χ3v) is 4.50. The zero-order valence-corrected chi connectivity index (χ0v) is 14.3. The molecule has 0 aliphatic rings. The molecule has 0 bridgehead atoms. The van der Waals surface area contributed by atoms with Gasteiger partial charge in [-0.25, -0.2) is 0 Å². The smallest absolute Gasteiger partial charge is 0.306 e. The van der Waals surface area contributed by atoms with E-state index in [1.165, 1.54) is 10.9 Å². The second-order valence-electron chi connectivity index (χ2n) is 5.87. The molecule has 0 saturated carbocycles. The number of nitrogens with one attached hydrogen (secondary N) is 1. The Labute approximate surface area is 146 Å². The summed E-state index contributed by atoms with van der Waals surface area (Å²) in [6.45, 7) is 1.85. The molecule has 0 unspecified atom stereocenters. The Bertz CT molecular complexity index is 840. The summed E-state index contributed by atoms with van der Waals surface area (Å²) in [7, 11) is 0. The van der Waals surface area contributed by atoms with E-state index in [0.29, 0.717) is 11.4 Å². The lowest BCUT2D eigenvalue weighted by molar-refractivity contribution is -0.148. The van der Waals surface area contributed by atoms with Gasteiger partial charge in [0.1, 0.15) is 6.10 Å². The zero-order chi connectivity index (χ0) is 16.9. The first-order valence-electron chi connectivity index (χ1n) is 8.14. The van der Waals surface area contributed by atoms with Gasteiger partial charge in [-0.3, -0.25) is 4.79 Å². The van der Waals surface area contributed by atoms with E-state index in [1.54, 1.807) is 6.07 Å². The van der Waals surface area contributed by atoms with Crippen molar-refractivity contribution in [3.63, 3.8) is 0 Å². The minimum absolute atomic E-state index is 0.192. The van der Waals surface area contributed by atoms with Crippen LogP contribution in [0.4, 0.5) is 0 Å². The van der Waals surface area contributed by atoms with Gasteiger partial charge in [0.15, 0.2) is 0 Å². The molecule has 3 nitrogen and oxygen atoms in total. The van der Waals surface area contributed by atoms with Crippen LogP contribution in [0.25, 0.3) is 10.9 Å². The van der Waals surface area contributed by atoms with E-state index in [2.05, 4.69) is 17.1 Å². The van der Waals surface area contributed by atoms with Crippen molar-refractivity contribution in [1.82, 2.24) is 4.98 Å². The fourth-order valence-corrected chi connectivity index (χ4v) is 3.18. The minimum Gasteiger partial charge on any atom is -0.458 e. The van der Waals surface area contributed by atoms with Crippen molar-refractivity contribution in [2.75, 3.05) is 0 Å². The van der Waals surface area contributed by atoms with Gasteiger partial charge in [0.2, 0.25) is 0 Å². The van der Waals surface area contributed by atoms with Crippen molar-refractivity contribution >= 4 is 28.5 Å². The van der Waals surface area contributed by atoms with Crippen molar-refractivity contribution in [2.24, 2.45) is 0 Å². The Morgan fingerprint density at radius 3 is 2.75 bits per heavy atom. The van der Waals surface area contributed by atoms with Gasteiger partial charge in [-0.2, -0.15) is 0 Å². The van der Waals surface area contributed by atoms with Gasteiger partial charge in [-0.15, -0.1) is 0 Å². The van der Waals surface area contributed by atoms with Crippen LogP contribution >= 0.6 is 11.6 Å². The number of para-hydroxylation sites is 1. The summed E-state index contributed by atoms with van der Waals surface area (Å²) in [5.74, 6) is -0.192. The van der Waals surface area contributed by atoms with E-state index in [0.717, 1.165) is 23.9 Å². The second kappa shape index (κ2) is 7.54. The number of aromatic amines is 1. The summed E-state index contributed by atoms with van der Waals surface area (Å²) >= 11 is 6.14. The highest BCUT2D eigenvalue weighted by Gasteiger charge is 2.14. The molecule has 1 atom stereocenters. The molecule has 0 spiro atoms. The number of carbonyl (C=O) groups excluding carboxylic acids is 1. The highest BCUT2D eigenvalue weighted by molar-refractivity contribution is 6.31. The highest BCUT2D eigenvalue weighted by atomic mass is 35.5. The van der Waals surface area contributed by atoms with E-state index >= 15 is 0 Å². The summed E-state index contributed by atoms with van der Waals surface area (Å²) in [5.41, 5.74) is 3.20. The van der Waals surface area contributed by atoms with Gasteiger partial charge in [-0.1, -0.05) is 48.0 Å². The molecule has 2 aromatic carbocycles. The first-order chi connectivity index (χ1) is 11.6. The maximum atomic E-state index is 12.1. The van der Waals surface area contributed by atoms with Crippen LogP contribution in [-0.2, 0) is 16.0 Å². The van der Waals surface area contributed by atoms with Gasteiger partial charge < -0.3 is 9.72 Å². The number of halogens is 1. The van der Waals surface area contributed by atoms with Crippen molar-refractivity contribution in [1.29, 1.82) is 0 Å². The molecule has 0 fully saturated rings. The van der Waals surface area contributed by atoms with Crippen LogP contribution in [-0.4, -0.2) is 11.0 Å². The number of aromatic nitrogens is 1. The number of carbonyl (C=O) groups is 1. The Morgan fingerprint density at radius 1 is 1.17 bits per heavy atom. The summed E-state index contributed by atoms with van der Waals surface area (Å²) in [6.07, 6.45) is 3.69. The topological polar surface area (TPSA) is 42.1 Å². The molecule has 0 radical (unpaired) electrons. The number of rotatable bonds is 6. The maximum Gasteiger partial charge on any atom is 0.306 e. The molecule has 1 N–H and O–H groups in total. The van der Waals surface area contributed by atoms with E-state index < -0.39 is 0 Å². The van der Waals surface area contributed by atoms with Gasteiger partial charge >= 0.3 is 5.97 Å². The van der Waals surface area contributed by atoms with Crippen molar-refractivity contribution in [3.8, 4) is 0 Å². The molecule has 1 heterocycles. The number of ether oxygens (including phenoxy) is 1. The Balaban J connectivity index is 1.52. The number of H-pyrrole nitrogens is 1. The Hall–Kier alpha value is -2.26. The molecule has 0 amide bonds. The normalized spacial score (nSPS) is 12.2. The molecule has 24 heavy (non-hydrogen) atoms. The lowest BCUT2D eigenvalue weighted by Crippen LogP contribution is -2.09. The molecule has 0 aliphatic carbocycles. The number of fused-ring (bicyclic) bond motifs is 1. The van der Waals surface area contributed by atoms with Crippen LogP contribution in [0.15, 0.2) is 54.7 Å². The minimum atomic E-state index is -0.334. The predicted molar refractivity (Wildman–Crippen MR) is 97.2 cm³/mol. The van der Waals surface area contributed by atoms with Crippen LogP contribution in [0.3, 0.4) is 0 Å². The lowest BCUT2D eigenvalue weighted by atomic mass is 10.1. The first kappa shape index (κ1) is 16.6. The quantitative estimate of drug-likeness (QED) is 0.606. The average Bonchev–Trinajstić information content (AvgIpc) is 2.98. The Morgan fingerprint density at radius 2 is 1.92 bits per heavy atom. The second-order valence-corrected chi connectivity index (χ2v) is 6.27. The molecule has 124 valence electrons. The number of esters is 1. The van der Waals surface area contributed by atoms with Gasteiger partial charge in [0, 0.05) is 34.1 Å². The fourth-order valence-electron chi connectivity index (χ4n) is 2.89. The SMILES string of the molecule is C[C@@H](OC(=O)CCCc1c[nH]c2ccccc12)c1ccccc1Cl. The Kier molecular flexibility index (Phi) is 5.21. The molecule has 3 aromatic rings. The van der Waals surface area contributed by atoms with Crippen LogP contribution in [0.1, 0.15) is 37.0 Å². The lowest BCUT2D eigenvalue weighted by Gasteiger charge is -2.14. The molecular weight excluding hydrogens is 322 g/mol. The number of aryl methyl sites for hydroxylation is 1. The van der Waals surface area contributed by atoms with E-state index in [1.807, 2.05) is 43.5 Å². The van der Waals surface area contributed by atoms with Crippen molar-refractivity contribution in [3.05, 3.63) is 70.9 Å². The first-order valence-corrected chi connectivity index (χ1v) is 8.52. The summed E-state index contributed by atoms with van der Waals surface area (Å²) in [6, 6.07) is 15.6. The third kappa shape index (κ3) is 3.80. The molecule has 0 aliphatic heterocycles. The standard InChI is InChI=1S/C20H20ClNO2/c1-14(16-8-2-4-10-18(16)21)24-20(23)12-6-7-15-13-22-19-11-5-3-9-17(15)19/h2-5,8-11,13-14,22H,6-7,12H2,1H3/t14-/m1/s1. The molecule has 1 aromatic heterocycles. The van der Waals surface area contributed by atoms with Crippen molar-refractivity contribution in [2.45, 2.75) is 32.3 Å².